The summed E-state index contributed by atoms with van der Waals surface area (Å²) < 4.78 is 8.88. The van der Waals surface area contributed by atoms with Gasteiger partial charge in [-0.1, -0.05) is 11.6 Å². The number of halogens is 1. The van der Waals surface area contributed by atoms with Gasteiger partial charge >= 0.3 is 7.82 Å². The van der Waals surface area contributed by atoms with E-state index in [0.29, 0.717) is 5.02 Å². The number of nitrogen functional groups attached to an aromatic ring is 1. The molecule has 0 spiro atoms. The van der Waals surface area contributed by atoms with Crippen LogP contribution in [-0.2, 0) is 4.57 Å². The molecule has 0 aliphatic carbocycles. The first-order valence-corrected chi connectivity index (χ1v) is 5.27. The van der Waals surface area contributed by atoms with Crippen molar-refractivity contribution in [1.82, 2.24) is 0 Å². The van der Waals surface area contributed by atoms with Crippen LogP contribution in [0, 0.1) is 0 Å². The molecule has 0 saturated heterocycles. The molecule has 80 valence electrons. The fourth-order valence-corrected chi connectivity index (χ4v) is 0.672. The molecule has 8 heteroatoms. The van der Waals surface area contributed by atoms with Crippen LogP contribution in [0.25, 0.3) is 0 Å². The number of hydrazine groups is 1. The molecular weight excluding hydrogens is 231 g/mol. The van der Waals surface area contributed by atoms with E-state index in [-0.39, 0.29) is 0 Å². The molecule has 0 radical (unpaired) electrons. The summed E-state index contributed by atoms with van der Waals surface area (Å²) in [5.74, 6) is 5.11. The van der Waals surface area contributed by atoms with Gasteiger partial charge in [0, 0.05) is 10.7 Å². The monoisotopic (exact) mass is 240 g/mol. The van der Waals surface area contributed by atoms with E-state index in [1.807, 2.05) is 12.1 Å². The Bertz CT molecular complexity index is 304. The van der Waals surface area contributed by atoms with Crippen molar-refractivity contribution in [3.63, 3.8) is 0 Å². The first-order valence-electron chi connectivity index (χ1n) is 3.33. The maximum atomic E-state index is 8.88. The molecule has 0 aliphatic rings. The number of hydrogen-bond donors (Lipinski definition) is 5. The summed E-state index contributed by atoms with van der Waals surface area (Å²) in [6.07, 6.45) is 0. The molecular formula is C6H10ClN2O4P. The Morgan fingerprint density at radius 2 is 1.57 bits per heavy atom. The van der Waals surface area contributed by atoms with Crippen molar-refractivity contribution in [1.29, 1.82) is 0 Å². The van der Waals surface area contributed by atoms with E-state index >= 15 is 0 Å². The third-order valence-electron chi connectivity index (χ3n) is 1.01. The Balaban J connectivity index is 0.000000292. The highest BCUT2D eigenvalue weighted by Crippen LogP contribution is 2.25. The van der Waals surface area contributed by atoms with E-state index in [9.17, 15) is 0 Å². The van der Waals surface area contributed by atoms with E-state index in [0.717, 1.165) is 5.69 Å². The van der Waals surface area contributed by atoms with Crippen molar-refractivity contribution in [2.45, 2.75) is 0 Å². The molecule has 14 heavy (non-hydrogen) atoms. The molecule has 0 atom stereocenters. The molecule has 0 fully saturated rings. The van der Waals surface area contributed by atoms with Crippen molar-refractivity contribution in [2.75, 3.05) is 5.43 Å². The highest BCUT2D eigenvalue weighted by Gasteiger charge is 2.00. The molecule has 0 aromatic heterocycles. The van der Waals surface area contributed by atoms with Crippen LogP contribution in [0.2, 0.25) is 5.02 Å². The first-order chi connectivity index (χ1) is 6.33. The maximum Gasteiger partial charge on any atom is 0.466 e. The SMILES string of the molecule is NNc1ccc(Cl)cc1.O=P(O)(O)O. The van der Waals surface area contributed by atoms with Crippen LogP contribution in [0.4, 0.5) is 5.69 Å². The summed E-state index contributed by atoms with van der Waals surface area (Å²) in [5, 5.41) is 0.717. The Hall–Kier alpha value is -0.620. The van der Waals surface area contributed by atoms with E-state index in [1.54, 1.807) is 12.1 Å². The van der Waals surface area contributed by atoms with Gasteiger partial charge in [0.15, 0.2) is 0 Å². The van der Waals surface area contributed by atoms with Gasteiger partial charge in [0.2, 0.25) is 0 Å². The number of rotatable bonds is 1. The van der Waals surface area contributed by atoms with Crippen LogP contribution < -0.4 is 11.3 Å². The predicted molar refractivity (Wildman–Crippen MR) is 53.5 cm³/mol. The minimum absolute atomic E-state index is 0.717. The van der Waals surface area contributed by atoms with Crippen molar-refractivity contribution in [2.24, 2.45) is 5.84 Å². The van der Waals surface area contributed by atoms with Gasteiger partial charge in [0.1, 0.15) is 0 Å². The smallest absolute Gasteiger partial charge is 0.324 e. The van der Waals surface area contributed by atoms with Crippen molar-refractivity contribution in [3.05, 3.63) is 29.3 Å². The number of phosphoric acid groups is 1. The zero-order valence-electron chi connectivity index (χ0n) is 6.96. The molecule has 0 unspecified atom stereocenters. The van der Waals surface area contributed by atoms with Crippen LogP contribution in [0.15, 0.2) is 24.3 Å². The second-order valence-corrected chi connectivity index (χ2v) is 3.63. The van der Waals surface area contributed by atoms with Gasteiger partial charge in [0.05, 0.1) is 0 Å². The number of hydrogen-bond acceptors (Lipinski definition) is 3. The van der Waals surface area contributed by atoms with Gasteiger partial charge in [-0.2, -0.15) is 0 Å². The lowest BCUT2D eigenvalue weighted by Crippen LogP contribution is -2.05. The Morgan fingerprint density at radius 3 is 1.86 bits per heavy atom. The number of nitrogens with two attached hydrogens (primary N) is 1. The Labute approximate surface area is 85.5 Å². The molecule has 1 aromatic carbocycles. The third kappa shape index (κ3) is 9.47. The average molecular weight is 241 g/mol. The summed E-state index contributed by atoms with van der Waals surface area (Å²) in [6, 6.07) is 7.16. The van der Waals surface area contributed by atoms with Gasteiger partial charge in [-0.05, 0) is 24.3 Å². The largest absolute Gasteiger partial charge is 0.466 e. The van der Waals surface area contributed by atoms with E-state index in [4.69, 9.17) is 36.7 Å². The minimum Gasteiger partial charge on any atom is -0.324 e. The standard InChI is InChI=1S/C6H7ClN2.H3O4P/c7-5-1-3-6(9-8)4-2-5;1-5(2,3)4/h1-4,9H,8H2;(H3,1,2,3,4). The number of nitrogens with one attached hydrogen (secondary N) is 1. The minimum atomic E-state index is -4.64. The van der Waals surface area contributed by atoms with Crippen LogP contribution >= 0.6 is 19.4 Å². The highest BCUT2D eigenvalue weighted by molar-refractivity contribution is 7.45. The summed E-state index contributed by atoms with van der Waals surface area (Å²) >= 11 is 5.60. The van der Waals surface area contributed by atoms with Crippen LogP contribution in [-0.4, -0.2) is 14.7 Å². The quantitative estimate of drug-likeness (QED) is 0.280. The van der Waals surface area contributed by atoms with E-state index < -0.39 is 7.82 Å². The lowest BCUT2D eigenvalue weighted by molar-refractivity contribution is 0.275. The van der Waals surface area contributed by atoms with E-state index in [2.05, 4.69) is 5.43 Å². The van der Waals surface area contributed by atoms with Gasteiger partial charge in [-0.3, -0.25) is 5.84 Å². The maximum absolute atomic E-state index is 8.88. The van der Waals surface area contributed by atoms with Gasteiger partial charge in [-0.25, -0.2) is 4.57 Å². The molecule has 0 amide bonds. The van der Waals surface area contributed by atoms with Crippen molar-refractivity contribution < 1.29 is 19.2 Å². The summed E-state index contributed by atoms with van der Waals surface area (Å²) in [5.41, 5.74) is 3.36. The first kappa shape index (κ1) is 13.4. The summed E-state index contributed by atoms with van der Waals surface area (Å²) in [7, 11) is -4.64. The molecule has 1 aromatic rings. The van der Waals surface area contributed by atoms with Crippen LogP contribution in [0.3, 0.4) is 0 Å². The van der Waals surface area contributed by atoms with Gasteiger partial charge in [-0.15, -0.1) is 0 Å². The fraction of sp³-hybridized carbons (Fsp3) is 0. The van der Waals surface area contributed by atoms with Crippen LogP contribution in [0.1, 0.15) is 0 Å². The van der Waals surface area contributed by atoms with Gasteiger partial charge in [0.25, 0.3) is 0 Å². The normalized spacial score (nSPS) is 10.1. The highest BCUT2D eigenvalue weighted by atomic mass is 35.5. The molecule has 0 saturated carbocycles. The molecule has 0 bridgehead atoms. The lowest BCUT2D eigenvalue weighted by Gasteiger charge is -1.96. The lowest BCUT2D eigenvalue weighted by atomic mass is 10.3. The van der Waals surface area contributed by atoms with Crippen LogP contribution in [0.5, 0.6) is 0 Å². The van der Waals surface area contributed by atoms with Crippen molar-refractivity contribution >= 4 is 25.1 Å². The Morgan fingerprint density at radius 1 is 1.21 bits per heavy atom. The zero-order valence-corrected chi connectivity index (χ0v) is 8.61. The molecule has 1 rings (SSSR count). The third-order valence-corrected chi connectivity index (χ3v) is 1.26. The second kappa shape index (κ2) is 5.98. The molecule has 6 nitrogen and oxygen atoms in total. The predicted octanol–water partition coefficient (Wildman–Crippen LogP) is 0.697. The molecule has 0 heterocycles. The second-order valence-electron chi connectivity index (χ2n) is 2.16. The van der Waals surface area contributed by atoms with Gasteiger partial charge < -0.3 is 20.1 Å². The molecule has 6 N–H and O–H groups in total. The number of benzene rings is 1. The average Bonchev–Trinajstić information content (AvgIpc) is 2.03. The zero-order chi connectivity index (χ0) is 11.2. The fourth-order valence-electron chi connectivity index (χ4n) is 0.546. The Kier molecular flexibility index (Phi) is 5.71. The molecule has 0 aliphatic heterocycles. The van der Waals surface area contributed by atoms with E-state index in [1.165, 1.54) is 0 Å². The topological polar surface area (TPSA) is 116 Å². The summed E-state index contributed by atoms with van der Waals surface area (Å²) in [6.45, 7) is 0. The summed E-state index contributed by atoms with van der Waals surface area (Å²) in [4.78, 5) is 21.6. The van der Waals surface area contributed by atoms with Crippen molar-refractivity contribution in [3.8, 4) is 0 Å². The number of anilines is 1.